The molecule has 1 aromatic rings. The summed E-state index contributed by atoms with van der Waals surface area (Å²) >= 11 is 0. The normalized spacial score (nSPS) is 31.4. The Morgan fingerprint density at radius 1 is 1.48 bits per heavy atom. The Hall–Kier alpha value is -1.93. The van der Waals surface area contributed by atoms with Gasteiger partial charge in [-0.15, -0.1) is 0 Å². The van der Waals surface area contributed by atoms with Crippen LogP contribution in [0.3, 0.4) is 0 Å². The van der Waals surface area contributed by atoms with E-state index in [0.717, 1.165) is 44.2 Å². The number of anilines is 2. The minimum absolute atomic E-state index is 0.0772. The number of carbonyl (C=O) groups excluding carboxylic acids is 1. The first kappa shape index (κ1) is 18.4. The van der Waals surface area contributed by atoms with Crippen molar-refractivity contribution >= 4 is 17.7 Å². The molecule has 0 aromatic carbocycles. The fourth-order valence-corrected chi connectivity index (χ4v) is 4.97. The van der Waals surface area contributed by atoms with Gasteiger partial charge in [0.2, 0.25) is 11.9 Å². The van der Waals surface area contributed by atoms with Crippen molar-refractivity contribution in [2.24, 2.45) is 11.8 Å². The summed E-state index contributed by atoms with van der Waals surface area (Å²) in [6, 6.07) is 1.90. The summed E-state index contributed by atoms with van der Waals surface area (Å²) in [6.45, 7) is 5.73. The summed E-state index contributed by atoms with van der Waals surface area (Å²) in [7, 11) is 3.82. The molecule has 4 heterocycles. The van der Waals surface area contributed by atoms with Gasteiger partial charge in [0.1, 0.15) is 5.82 Å². The van der Waals surface area contributed by atoms with Crippen LogP contribution in [-0.4, -0.2) is 79.3 Å². The number of carbonyl (C=O) groups is 1. The standard InChI is InChI=1S/C19H30N6O2/c1-4-20-16-6-8-21-18(23-16)25-10-14-13(9-22-17(26)11-24(2)3)15-5-7-19(14,12-25)27-15/h6,8,13-15H,4-5,7,9-12H2,1-3H3,(H,22,26)(H,20,21,23)/t13-,14+,15+,19+/m0/s1. The molecule has 2 N–H and O–H groups in total. The van der Waals surface area contributed by atoms with Crippen LogP contribution in [0, 0.1) is 11.8 Å². The maximum atomic E-state index is 12.1. The molecule has 3 aliphatic rings. The molecule has 3 fully saturated rings. The largest absolute Gasteiger partial charge is 0.370 e. The van der Waals surface area contributed by atoms with Crippen LogP contribution in [-0.2, 0) is 9.53 Å². The maximum Gasteiger partial charge on any atom is 0.234 e. The Morgan fingerprint density at radius 2 is 2.33 bits per heavy atom. The van der Waals surface area contributed by atoms with E-state index in [-0.39, 0.29) is 17.6 Å². The summed E-state index contributed by atoms with van der Waals surface area (Å²) in [4.78, 5) is 25.3. The fraction of sp³-hybridized carbons (Fsp3) is 0.737. The van der Waals surface area contributed by atoms with Gasteiger partial charge in [-0.05, 0) is 39.9 Å². The lowest BCUT2D eigenvalue weighted by molar-refractivity contribution is -0.122. The van der Waals surface area contributed by atoms with E-state index in [2.05, 4.69) is 32.4 Å². The highest BCUT2D eigenvalue weighted by Gasteiger charge is 2.63. The summed E-state index contributed by atoms with van der Waals surface area (Å²) in [6.07, 6.45) is 4.25. The number of hydrogen-bond acceptors (Lipinski definition) is 7. The van der Waals surface area contributed by atoms with Crippen molar-refractivity contribution in [3.05, 3.63) is 12.3 Å². The zero-order chi connectivity index (χ0) is 19.0. The Kier molecular flexibility index (Phi) is 4.94. The first-order valence-electron chi connectivity index (χ1n) is 9.92. The van der Waals surface area contributed by atoms with Crippen LogP contribution in [0.2, 0.25) is 0 Å². The quantitative estimate of drug-likeness (QED) is 0.722. The molecule has 1 aromatic heterocycles. The Balaban J connectivity index is 1.44. The smallest absolute Gasteiger partial charge is 0.234 e. The number of rotatable bonds is 7. The van der Waals surface area contributed by atoms with E-state index >= 15 is 0 Å². The molecule has 3 saturated heterocycles. The minimum Gasteiger partial charge on any atom is -0.370 e. The topological polar surface area (TPSA) is 82.6 Å². The van der Waals surface area contributed by atoms with Gasteiger partial charge in [0.05, 0.1) is 24.8 Å². The fourth-order valence-electron chi connectivity index (χ4n) is 4.97. The molecule has 0 saturated carbocycles. The number of aromatic nitrogens is 2. The monoisotopic (exact) mass is 374 g/mol. The number of likely N-dealkylation sites (N-methyl/N-ethyl adjacent to an activating group) is 1. The van der Waals surface area contributed by atoms with Crippen molar-refractivity contribution in [3.63, 3.8) is 0 Å². The van der Waals surface area contributed by atoms with Crippen molar-refractivity contribution in [2.75, 3.05) is 57.0 Å². The van der Waals surface area contributed by atoms with Crippen LogP contribution in [0.1, 0.15) is 19.8 Å². The van der Waals surface area contributed by atoms with Crippen LogP contribution in [0.5, 0.6) is 0 Å². The van der Waals surface area contributed by atoms with Crippen molar-refractivity contribution in [3.8, 4) is 0 Å². The van der Waals surface area contributed by atoms with Gasteiger partial charge in [0.15, 0.2) is 0 Å². The Bertz CT molecular complexity index is 699. The molecule has 0 unspecified atom stereocenters. The van der Waals surface area contributed by atoms with E-state index in [1.807, 2.05) is 31.3 Å². The van der Waals surface area contributed by atoms with E-state index in [9.17, 15) is 4.79 Å². The predicted octanol–water partition coefficient (Wildman–Crippen LogP) is 0.570. The van der Waals surface area contributed by atoms with Gasteiger partial charge in [0.25, 0.3) is 0 Å². The second-order valence-corrected chi connectivity index (χ2v) is 8.22. The Morgan fingerprint density at radius 3 is 3.11 bits per heavy atom. The van der Waals surface area contributed by atoms with E-state index in [0.29, 0.717) is 24.9 Å². The SMILES string of the molecule is CCNc1ccnc(N2C[C@@H]3[C@H](CNC(=O)CN(C)C)[C@H]4CC[C@]3(C2)O4)n1. The van der Waals surface area contributed by atoms with Crippen LogP contribution in [0.15, 0.2) is 12.3 Å². The first-order valence-corrected chi connectivity index (χ1v) is 9.92. The molecular formula is C19H30N6O2. The Labute approximate surface area is 160 Å². The van der Waals surface area contributed by atoms with Crippen molar-refractivity contribution in [1.29, 1.82) is 0 Å². The van der Waals surface area contributed by atoms with E-state index in [1.165, 1.54) is 0 Å². The van der Waals surface area contributed by atoms with Gasteiger partial charge in [-0.25, -0.2) is 4.98 Å². The van der Waals surface area contributed by atoms with Crippen molar-refractivity contribution < 1.29 is 9.53 Å². The first-order chi connectivity index (χ1) is 13.0. The molecule has 2 bridgehead atoms. The minimum atomic E-state index is -0.0981. The number of nitrogens with one attached hydrogen (secondary N) is 2. The molecule has 1 spiro atoms. The van der Waals surface area contributed by atoms with Gasteiger partial charge in [-0.1, -0.05) is 0 Å². The highest BCUT2D eigenvalue weighted by atomic mass is 16.5. The molecule has 27 heavy (non-hydrogen) atoms. The van der Waals surface area contributed by atoms with Crippen molar-refractivity contribution in [2.45, 2.75) is 31.5 Å². The molecule has 4 atom stereocenters. The van der Waals surface area contributed by atoms with Crippen molar-refractivity contribution in [1.82, 2.24) is 20.2 Å². The number of ether oxygens (including phenoxy) is 1. The number of amides is 1. The molecule has 4 rings (SSSR count). The molecule has 3 aliphatic heterocycles. The number of fused-ring (bicyclic) bond motifs is 1. The van der Waals surface area contributed by atoms with E-state index < -0.39 is 0 Å². The third-order valence-electron chi connectivity index (χ3n) is 6.06. The van der Waals surface area contributed by atoms with E-state index in [4.69, 9.17) is 4.74 Å². The van der Waals surface area contributed by atoms with Gasteiger partial charge in [-0.3, -0.25) is 4.79 Å². The lowest BCUT2D eigenvalue weighted by atomic mass is 9.73. The summed E-state index contributed by atoms with van der Waals surface area (Å²) in [5.74, 6) is 2.48. The van der Waals surface area contributed by atoms with Crippen LogP contribution >= 0.6 is 0 Å². The summed E-state index contributed by atoms with van der Waals surface area (Å²) in [5.41, 5.74) is -0.0981. The van der Waals surface area contributed by atoms with Gasteiger partial charge in [-0.2, -0.15) is 4.98 Å². The highest BCUT2D eigenvalue weighted by molar-refractivity contribution is 5.77. The molecule has 8 nitrogen and oxygen atoms in total. The average Bonchev–Trinajstić information content (AvgIpc) is 3.28. The van der Waals surface area contributed by atoms with Gasteiger partial charge in [0, 0.05) is 37.7 Å². The second-order valence-electron chi connectivity index (χ2n) is 8.22. The van der Waals surface area contributed by atoms with Crippen LogP contribution in [0.25, 0.3) is 0 Å². The zero-order valence-corrected chi connectivity index (χ0v) is 16.4. The number of hydrogen-bond donors (Lipinski definition) is 2. The predicted molar refractivity (Wildman–Crippen MR) is 104 cm³/mol. The lowest BCUT2D eigenvalue weighted by Crippen LogP contribution is -2.43. The molecule has 0 radical (unpaired) electrons. The molecular weight excluding hydrogens is 344 g/mol. The van der Waals surface area contributed by atoms with Gasteiger partial charge >= 0.3 is 0 Å². The maximum absolute atomic E-state index is 12.1. The van der Waals surface area contributed by atoms with E-state index in [1.54, 1.807) is 0 Å². The zero-order valence-electron chi connectivity index (χ0n) is 16.4. The molecule has 148 valence electrons. The number of nitrogens with zero attached hydrogens (tertiary/aromatic N) is 4. The molecule has 8 heteroatoms. The molecule has 1 amide bonds. The average molecular weight is 374 g/mol. The third-order valence-corrected chi connectivity index (χ3v) is 6.06. The highest BCUT2D eigenvalue weighted by Crippen LogP contribution is 2.54. The molecule has 0 aliphatic carbocycles. The van der Waals surface area contributed by atoms with Crippen LogP contribution in [0.4, 0.5) is 11.8 Å². The van der Waals surface area contributed by atoms with Gasteiger partial charge < -0.3 is 25.2 Å². The van der Waals surface area contributed by atoms with Crippen LogP contribution < -0.4 is 15.5 Å². The summed E-state index contributed by atoms with van der Waals surface area (Å²) in [5, 5.41) is 6.36. The lowest BCUT2D eigenvalue weighted by Gasteiger charge is -2.29. The third kappa shape index (κ3) is 3.48. The summed E-state index contributed by atoms with van der Waals surface area (Å²) < 4.78 is 6.46. The second kappa shape index (κ2) is 7.24.